The van der Waals surface area contributed by atoms with E-state index in [1.807, 2.05) is 0 Å². The van der Waals surface area contributed by atoms with Crippen molar-refractivity contribution in [2.24, 2.45) is 5.92 Å². The van der Waals surface area contributed by atoms with E-state index in [4.69, 9.17) is 4.74 Å². The van der Waals surface area contributed by atoms with Crippen LogP contribution in [-0.4, -0.2) is 49.3 Å². The highest BCUT2D eigenvalue weighted by atomic mass is 16.5. The molecule has 0 bridgehead atoms. The van der Waals surface area contributed by atoms with E-state index in [2.05, 4.69) is 31.0 Å². The molecule has 1 N–H and O–H groups in total. The topological polar surface area (TPSA) is 24.5 Å². The number of hydrogen-bond donors (Lipinski definition) is 1. The van der Waals surface area contributed by atoms with Gasteiger partial charge in [0.15, 0.2) is 0 Å². The molecule has 1 saturated heterocycles. The third-order valence-electron chi connectivity index (χ3n) is 4.29. The highest BCUT2D eigenvalue weighted by Crippen LogP contribution is 2.28. The van der Waals surface area contributed by atoms with Crippen molar-refractivity contribution < 1.29 is 4.74 Å². The maximum atomic E-state index is 5.66. The van der Waals surface area contributed by atoms with Crippen LogP contribution in [0.2, 0.25) is 0 Å². The molecule has 2 rings (SSSR count). The Morgan fingerprint density at radius 3 is 2.82 bits per heavy atom. The predicted molar refractivity (Wildman–Crippen MR) is 71.3 cm³/mol. The Bertz CT molecular complexity index is 234. The lowest BCUT2D eigenvalue weighted by molar-refractivity contribution is -0.0483. The van der Waals surface area contributed by atoms with Crippen LogP contribution >= 0.6 is 0 Å². The fourth-order valence-corrected chi connectivity index (χ4v) is 3.40. The van der Waals surface area contributed by atoms with Crippen LogP contribution in [0, 0.1) is 5.92 Å². The molecular weight excluding hydrogens is 212 g/mol. The summed E-state index contributed by atoms with van der Waals surface area (Å²) < 4.78 is 5.66. The average Bonchev–Trinajstić information content (AvgIpc) is 2.32. The second kappa shape index (κ2) is 6.17. The quantitative estimate of drug-likeness (QED) is 0.815. The van der Waals surface area contributed by atoms with Gasteiger partial charge in [0.2, 0.25) is 0 Å². The number of hydrogen-bond acceptors (Lipinski definition) is 3. The van der Waals surface area contributed by atoms with Crippen LogP contribution in [0.1, 0.15) is 40.0 Å². The number of likely N-dealkylation sites (N-methyl/N-ethyl adjacent to an activating group) is 1. The number of nitrogens with one attached hydrogen (secondary N) is 1. The average molecular weight is 240 g/mol. The van der Waals surface area contributed by atoms with Crippen molar-refractivity contribution in [3.8, 4) is 0 Å². The second-order valence-electron chi connectivity index (χ2n) is 5.83. The van der Waals surface area contributed by atoms with Gasteiger partial charge >= 0.3 is 0 Å². The molecule has 3 nitrogen and oxygen atoms in total. The summed E-state index contributed by atoms with van der Waals surface area (Å²) >= 11 is 0. The predicted octanol–water partition coefficient (Wildman–Crippen LogP) is 1.87. The molecule has 17 heavy (non-hydrogen) atoms. The molecule has 4 unspecified atom stereocenters. The molecule has 1 aliphatic carbocycles. The molecule has 1 heterocycles. The van der Waals surface area contributed by atoms with Gasteiger partial charge in [0.25, 0.3) is 0 Å². The van der Waals surface area contributed by atoms with E-state index < -0.39 is 0 Å². The molecule has 0 aromatic heterocycles. The zero-order chi connectivity index (χ0) is 12.3. The van der Waals surface area contributed by atoms with E-state index in [1.54, 1.807) is 0 Å². The number of morpholine rings is 1. The number of ether oxygens (including phenoxy) is 1. The maximum absolute atomic E-state index is 5.66. The monoisotopic (exact) mass is 240 g/mol. The fraction of sp³-hybridized carbons (Fsp3) is 1.00. The maximum Gasteiger partial charge on any atom is 0.0674 e. The molecule has 2 aliphatic rings. The van der Waals surface area contributed by atoms with Crippen LogP contribution in [0.25, 0.3) is 0 Å². The number of nitrogens with zero attached hydrogens (tertiary/aromatic N) is 1. The smallest absolute Gasteiger partial charge is 0.0674 e. The molecule has 2 fully saturated rings. The first-order chi connectivity index (χ1) is 8.20. The van der Waals surface area contributed by atoms with Crippen molar-refractivity contribution in [2.75, 3.05) is 26.2 Å². The van der Waals surface area contributed by atoms with Crippen molar-refractivity contribution in [3.05, 3.63) is 0 Å². The molecular formula is C14H28N2O. The lowest BCUT2D eigenvalue weighted by Crippen LogP contribution is -2.57. The highest BCUT2D eigenvalue weighted by Gasteiger charge is 2.34. The Balaban J connectivity index is 1.97. The van der Waals surface area contributed by atoms with Crippen LogP contribution < -0.4 is 5.32 Å². The molecule has 3 heteroatoms. The van der Waals surface area contributed by atoms with Crippen LogP contribution in [0.4, 0.5) is 0 Å². The van der Waals surface area contributed by atoms with Crippen molar-refractivity contribution >= 4 is 0 Å². The van der Waals surface area contributed by atoms with Crippen LogP contribution in [0.5, 0.6) is 0 Å². The van der Waals surface area contributed by atoms with E-state index in [0.29, 0.717) is 12.1 Å². The summed E-state index contributed by atoms with van der Waals surface area (Å²) in [7, 11) is 0. The Labute approximate surface area is 106 Å². The van der Waals surface area contributed by atoms with E-state index in [9.17, 15) is 0 Å². The van der Waals surface area contributed by atoms with Gasteiger partial charge in [-0.1, -0.05) is 13.8 Å². The molecule has 0 amide bonds. The fourth-order valence-electron chi connectivity index (χ4n) is 3.40. The lowest BCUT2D eigenvalue weighted by atomic mass is 9.82. The first kappa shape index (κ1) is 13.3. The molecule has 0 aromatic rings. The van der Waals surface area contributed by atoms with Gasteiger partial charge in [-0.05, 0) is 38.6 Å². The van der Waals surface area contributed by atoms with Gasteiger partial charge in [-0.25, -0.2) is 0 Å². The first-order valence-corrected chi connectivity index (χ1v) is 7.29. The normalized spacial score (nSPS) is 40.4. The summed E-state index contributed by atoms with van der Waals surface area (Å²) in [6, 6.07) is 1.42. The molecule has 0 spiro atoms. The minimum Gasteiger partial charge on any atom is -0.376 e. The van der Waals surface area contributed by atoms with Crippen molar-refractivity contribution in [1.29, 1.82) is 0 Å². The Morgan fingerprint density at radius 1 is 1.29 bits per heavy atom. The Hall–Kier alpha value is -0.120. The van der Waals surface area contributed by atoms with Crippen LogP contribution in [0.15, 0.2) is 0 Å². The summed E-state index contributed by atoms with van der Waals surface area (Å²) in [5, 5.41) is 3.68. The summed E-state index contributed by atoms with van der Waals surface area (Å²) in [4.78, 5) is 2.66. The zero-order valence-electron chi connectivity index (χ0n) is 11.6. The minimum absolute atomic E-state index is 0.406. The van der Waals surface area contributed by atoms with Gasteiger partial charge < -0.3 is 10.1 Å². The molecule has 0 aromatic carbocycles. The highest BCUT2D eigenvalue weighted by molar-refractivity contribution is 4.91. The van der Waals surface area contributed by atoms with Gasteiger partial charge in [-0.15, -0.1) is 0 Å². The summed E-state index contributed by atoms with van der Waals surface area (Å²) in [5.74, 6) is 0.882. The second-order valence-corrected chi connectivity index (χ2v) is 5.83. The SMILES string of the molecule is CCNC1CCC(C)CC1N1CCOC(C)C1. The standard InChI is InChI=1S/C14H28N2O/c1-4-15-13-6-5-11(2)9-14(13)16-7-8-17-12(3)10-16/h11-15H,4-10H2,1-3H3. The lowest BCUT2D eigenvalue weighted by Gasteiger charge is -2.45. The first-order valence-electron chi connectivity index (χ1n) is 7.29. The summed E-state index contributed by atoms with van der Waals surface area (Å²) in [6.45, 7) is 11.0. The van der Waals surface area contributed by atoms with Gasteiger partial charge in [0, 0.05) is 25.2 Å². The summed E-state index contributed by atoms with van der Waals surface area (Å²) in [6.07, 6.45) is 4.48. The van der Waals surface area contributed by atoms with Crippen LogP contribution in [-0.2, 0) is 4.74 Å². The zero-order valence-corrected chi connectivity index (χ0v) is 11.6. The molecule has 100 valence electrons. The van der Waals surface area contributed by atoms with E-state index in [1.165, 1.54) is 19.3 Å². The Kier molecular flexibility index (Phi) is 4.83. The van der Waals surface area contributed by atoms with Crippen molar-refractivity contribution in [1.82, 2.24) is 10.2 Å². The molecule has 1 saturated carbocycles. The summed E-state index contributed by atoms with van der Waals surface area (Å²) in [5.41, 5.74) is 0. The van der Waals surface area contributed by atoms with E-state index >= 15 is 0 Å². The van der Waals surface area contributed by atoms with Crippen LogP contribution in [0.3, 0.4) is 0 Å². The third-order valence-corrected chi connectivity index (χ3v) is 4.29. The Morgan fingerprint density at radius 2 is 2.12 bits per heavy atom. The van der Waals surface area contributed by atoms with Gasteiger partial charge in [0.1, 0.15) is 0 Å². The van der Waals surface area contributed by atoms with E-state index in [-0.39, 0.29) is 0 Å². The van der Waals surface area contributed by atoms with E-state index in [0.717, 1.165) is 38.2 Å². The largest absolute Gasteiger partial charge is 0.376 e. The molecule has 0 radical (unpaired) electrons. The molecule has 4 atom stereocenters. The van der Waals surface area contributed by atoms with Gasteiger partial charge in [0.05, 0.1) is 12.7 Å². The molecule has 1 aliphatic heterocycles. The van der Waals surface area contributed by atoms with Gasteiger partial charge in [-0.2, -0.15) is 0 Å². The minimum atomic E-state index is 0.406. The van der Waals surface area contributed by atoms with Crippen molar-refractivity contribution in [2.45, 2.75) is 58.2 Å². The van der Waals surface area contributed by atoms with Gasteiger partial charge in [-0.3, -0.25) is 4.90 Å². The van der Waals surface area contributed by atoms with Crippen molar-refractivity contribution in [3.63, 3.8) is 0 Å². The number of rotatable bonds is 3. The third kappa shape index (κ3) is 3.43.